The third-order valence-corrected chi connectivity index (χ3v) is 5.31. The van der Waals surface area contributed by atoms with E-state index in [1.54, 1.807) is 0 Å². The van der Waals surface area contributed by atoms with E-state index in [1.165, 1.54) is 5.48 Å². The molecule has 0 saturated carbocycles. The minimum absolute atomic E-state index is 0.127. The van der Waals surface area contributed by atoms with E-state index in [4.69, 9.17) is 15.2 Å². The van der Waals surface area contributed by atoms with E-state index in [-0.39, 0.29) is 11.5 Å². The summed E-state index contributed by atoms with van der Waals surface area (Å²) >= 11 is 0. The number of hydroxylamine groups is 3. The number of halogens is 9. The molecule has 1 unspecified atom stereocenters. The van der Waals surface area contributed by atoms with Crippen molar-refractivity contribution in [2.75, 3.05) is 13.1 Å². The normalized spacial score (nSPS) is 18.8. The van der Waals surface area contributed by atoms with Crippen LogP contribution in [-0.2, 0) is 57.7 Å². The van der Waals surface area contributed by atoms with Crippen LogP contribution in [0.2, 0.25) is 0 Å². The number of nitrogens with zero attached hydrogens (tertiary/aromatic N) is 1. The van der Waals surface area contributed by atoms with E-state index in [2.05, 4.69) is 19.5 Å². The molecule has 0 aromatic carbocycles. The Morgan fingerprint density at radius 2 is 1.33 bits per heavy atom. The molecule has 0 radical (unpaired) electrons. The average molecular weight is 653 g/mol. The number of esters is 2. The van der Waals surface area contributed by atoms with Crippen molar-refractivity contribution in [3.63, 3.8) is 0 Å². The third-order valence-electron chi connectivity index (χ3n) is 5.31. The van der Waals surface area contributed by atoms with Gasteiger partial charge in [0.2, 0.25) is 0 Å². The summed E-state index contributed by atoms with van der Waals surface area (Å²) in [7, 11) is 0. The maximum absolute atomic E-state index is 12.9. The number of rotatable bonds is 10. The van der Waals surface area contributed by atoms with E-state index in [1.807, 2.05) is 0 Å². The van der Waals surface area contributed by atoms with Gasteiger partial charge in [-0.15, -0.1) is 10.5 Å². The molecule has 0 bridgehead atoms. The van der Waals surface area contributed by atoms with Gasteiger partial charge in [0.05, 0.1) is 0 Å². The average Bonchev–Trinajstić information content (AvgIpc) is 3.33. The highest BCUT2D eigenvalue weighted by Crippen LogP contribution is 2.33. The number of nitrogens with one attached hydrogen (secondary N) is 1. The molecule has 1 rings (SSSR count). The number of hydrogen-bond acceptors (Lipinski definition) is 15. The van der Waals surface area contributed by atoms with Crippen molar-refractivity contribution in [3.8, 4) is 0 Å². The molecule has 43 heavy (non-hydrogen) atoms. The maximum Gasteiger partial charge on any atom is 0.495 e. The van der Waals surface area contributed by atoms with Crippen LogP contribution in [0.25, 0.3) is 0 Å². The molecule has 0 amide bonds. The molecule has 0 aromatic heterocycles. The lowest BCUT2D eigenvalue weighted by atomic mass is 9.89. The van der Waals surface area contributed by atoms with Gasteiger partial charge in [-0.3, -0.25) is 15.3 Å². The van der Waals surface area contributed by atoms with Crippen LogP contribution in [-0.4, -0.2) is 89.9 Å². The van der Waals surface area contributed by atoms with Gasteiger partial charge in [0.1, 0.15) is 12.6 Å². The van der Waals surface area contributed by atoms with Crippen LogP contribution >= 0.6 is 0 Å². The fourth-order valence-electron chi connectivity index (χ4n) is 2.94. The number of hydrogen-bond donors (Lipinski definition) is 2. The molecule has 1 aliphatic heterocycles. The Morgan fingerprint density at radius 1 is 0.814 bits per heavy atom. The van der Waals surface area contributed by atoms with Crippen molar-refractivity contribution in [2.45, 2.75) is 69.0 Å². The van der Waals surface area contributed by atoms with Crippen molar-refractivity contribution in [1.29, 1.82) is 0 Å². The molecule has 1 aliphatic rings. The predicted octanol–water partition coefficient (Wildman–Crippen LogP) is 0.555. The highest BCUT2D eigenvalue weighted by Gasteiger charge is 2.61. The van der Waals surface area contributed by atoms with Crippen molar-refractivity contribution in [1.82, 2.24) is 10.5 Å². The van der Waals surface area contributed by atoms with E-state index in [0.717, 1.165) is 6.92 Å². The second-order valence-electron chi connectivity index (χ2n) is 8.34. The van der Waals surface area contributed by atoms with E-state index >= 15 is 0 Å². The van der Waals surface area contributed by atoms with Gasteiger partial charge in [0.15, 0.2) is 5.60 Å². The van der Waals surface area contributed by atoms with Crippen molar-refractivity contribution in [2.24, 2.45) is 5.73 Å². The minimum atomic E-state index is -5.75. The highest BCUT2D eigenvalue weighted by molar-refractivity contribution is 5.87. The first-order valence-electron chi connectivity index (χ1n) is 11.2. The number of carbonyl (C=O) groups excluding carboxylic acids is 6. The molecule has 0 aliphatic carbocycles. The van der Waals surface area contributed by atoms with Gasteiger partial charge in [0, 0.05) is 6.54 Å². The molecular formula is C19H20F9N3O12. The van der Waals surface area contributed by atoms with Gasteiger partial charge in [-0.25, -0.2) is 29.0 Å². The summed E-state index contributed by atoms with van der Waals surface area (Å²) in [6.45, 7) is -0.233. The molecule has 0 spiro atoms. The first-order chi connectivity index (χ1) is 19.4. The quantitative estimate of drug-likeness (QED) is 0.0827. The fourth-order valence-corrected chi connectivity index (χ4v) is 2.94. The second-order valence-corrected chi connectivity index (χ2v) is 8.34. The van der Waals surface area contributed by atoms with Crippen molar-refractivity contribution >= 4 is 35.8 Å². The zero-order valence-corrected chi connectivity index (χ0v) is 21.4. The lowest BCUT2D eigenvalue weighted by Crippen LogP contribution is -2.69. The van der Waals surface area contributed by atoms with Gasteiger partial charge < -0.3 is 19.1 Å². The number of alkyl halides is 9. The summed E-state index contributed by atoms with van der Waals surface area (Å²) < 4.78 is 121. The van der Waals surface area contributed by atoms with Crippen LogP contribution in [0.4, 0.5) is 39.5 Å². The Bertz CT molecular complexity index is 1100. The van der Waals surface area contributed by atoms with Gasteiger partial charge in [-0.2, -0.15) is 39.5 Å². The summed E-state index contributed by atoms with van der Waals surface area (Å²) in [5.74, 6) is -14.6. The molecule has 1 saturated heterocycles. The Hall–Kier alpha value is -3.93. The number of ether oxygens (including phenoxy) is 2. The number of nitrogens with two attached hydrogens (primary N) is 1. The van der Waals surface area contributed by atoms with Gasteiger partial charge in [-0.1, -0.05) is 6.92 Å². The molecule has 1 fully saturated rings. The molecule has 24 heteroatoms. The molecule has 3 N–H and O–H groups in total. The van der Waals surface area contributed by atoms with Crippen LogP contribution in [0.5, 0.6) is 0 Å². The molecule has 246 valence electrons. The summed E-state index contributed by atoms with van der Waals surface area (Å²) in [5, 5.41) is 0.168. The molecular weight excluding hydrogens is 633 g/mol. The molecule has 0 aromatic rings. The monoisotopic (exact) mass is 653 g/mol. The van der Waals surface area contributed by atoms with Gasteiger partial charge in [-0.05, 0) is 26.2 Å². The Labute approximate surface area is 232 Å². The molecule has 15 nitrogen and oxygen atoms in total. The standard InChI is InChI=1S/C19H20F9N3O12/c1-3-15(2,38-9(32)7-30-40-12(35)17(20,21)22)16(29,11(34)42-43-14(37)19(26,27)28)39-10(33)8-5-4-6-31(8)41-13(36)18(23,24)25/h8,30H,3-7,29H2,1-2H3/t8-,15?,16-/m0/s1. The van der Waals surface area contributed by atoms with E-state index < -0.39 is 97.6 Å². The Balaban J connectivity index is 3.29. The van der Waals surface area contributed by atoms with Crippen LogP contribution in [0.3, 0.4) is 0 Å². The number of carbonyl (C=O) groups is 6. The largest absolute Gasteiger partial charge is 0.495 e. The topological polar surface area (TPSA) is 199 Å². The van der Waals surface area contributed by atoms with Gasteiger partial charge in [0.25, 0.3) is 0 Å². The van der Waals surface area contributed by atoms with Crippen molar-refractivity contribution < 1.29 is 97.2 Å². The summed E-state index contributed by atoms with van der Waals surface area (Å²) in [6, 6.07) is -1.94. The first-order valence-corrected chi connectivity index (χ1v) is 11.2. The van der Waals surface area contributed by atoms with Crippen LogP contribution in [0.1, 0.15) is 33.1 Å². The van der Waals surface area contributed by atoms with Gasteiger partial charge >= 0.3 is 60.1 Å². The van der Waals surface area contributed by atoms with Crippen LogP contribution in [0, 0.1) is 0 Å². The molecule has 1 heterocycles. The smallest absolute Gasteiger partial charge is 0.452 e. The Morgan fingerprint density at radius 3 is 1.81 bits per heavy atom. The zero-order chi connectivity index (χ0) is 33.6. The van der Waals surface area contributed by atoms with Crippen LogP contribution < -0.4 is 11.2 Å². The SMILES string of the molecule is CCC(C)(OC(=O)CNOC(=O)C(F)(F)F)[C@@](N)(OC(=O)[C@@H]1CCCN1OC(=O)C(F)(F)F)C(=O)OOC(=O)C(F)(F)F. The van der Waals surface area contributed by atoms with Crippen molar-refractivity contribution in [3.05, 3.63) is 0 Å². The lowest BCUT2D eigenvalue weighted by molar-refractivity contribution is -0.302. The van der Waals surface area contributed by atoms with E-state index in [9.17, 15) is 68.3 Å². The highest BCUT2D eigenvalue weighted by atomic mass is 19.4. The summed E-state index contributed by atoms with van der Waals surface area (Å²) in [6.07, 6.45) is -18.1. The fraction of sp³-hybridized carbons (Fsp3) is 0.684. The summed E-state index contributed by atoms with van der Waals surface area (Å²) in [4.78, 5) is 85.3. The van der Waals surface area contributed by atoms with E-state index in [0.29, 0.717) is 6.92 Å². The third kappa shape index (κ3) is 9.81. The second kappa shape index (κ2) is 13.6. The first kappa shape index (κ1) is 37.1. The Kier molecular flexibility index (Phi) is 11.7. The predicted molar refractivity (Wildman–Crippen MR) is 108 cm³/mol. The maximum atomic E-state index is 12.9. The zero-order valence-electron chi connectivity index (χ0n) is 21.4. The molecule has 3 atom stereocenters. The minimum Gasteiger partial charge on any atom is -0.452 e. The van der Waals surface area contributed by atoms with Crippen LogP contribution in [0.15, 0.2) is 0 Å². The summed E-state index contributed by atoms with van der Waals surface area (Å²) in [5.41, 5.74) is 0.589. The lowest BCUT2D eigenvalue weighted by Gasteiger charge is -2.41.